The molecule has 0 spiro atoms. The van der Waals surface area contributed by atoms with E-state index in [0.717, 1.165) is 0 Å². The van der Waals surface area contributed by atoms with Crippen molar-refractivity contribution in [2.24, 2.45) is 0 Å². The number of ketones is 1. The molecule has 0 aromatic heterocycles. The molecule has 0 saturated heterocycles. The van der Waals surface area contributed by atoms with Crippen molar-refractivity contribution >= 4 is 5.78 Å². The molecule has 0 unspecified atom stereocenters. The van der Waals surface area contributed by atoms with Crippen LogP contribution in [-0.2, 0) is 14.3 Å². The molecule has 4 nitrogen and oxygen atoms in total. The molecule has 0 bridgehead atoms. The normalized spacial score (nSPS) is 11.1. The number of rotatable bonds is 7. The first-order valence-corrected chi connectivity index (χ1v) is 4.37. The fourth-order valence-electron chi connectivity index (χ4n) is 0.759. The van der Waals surface area contributed by atoms with Crippen molar-refractivity contribution in [3.8, 4) is 0 Å². The number of carbonyl (C=O) groups is 1. The smallest absolute Gasteiger partial charge is 0.222 e. The van der Waals surface area contributed by atoms with Crippen molar-refractivity contribution in [3.05, 3.63) is 12.3 Å². The summed E-state index contributed by atoms with van der Waals surface area (Å²) in [5.74, 6) is -0.182. The van der Waals surface area contributed by atoms with Gasteiger partial charge in [0.2, 0.25) is 12.1 Å². The van der Waals surface area contributed by atoms with Crippen LogP contribution in [0.3, 0.4) is 0 Å². The molecule has 0 saturated carbocycles. The van der Waals surface area contributed by atoms with Gasteiger partial charge in [-0.1, -0.05) is 0 Å². The second kappa shape index (κ2) is 7.76. The van der Waals surface area contributed by atoms with Crippen molar-refractivity contribution in [2.75, 3.05) is 20.3 Å². The van der Waals surface area contributed by atoms with Crippen LogP contribution in [0.25, 0.3) is 0 Å². The number of carbonyl (C=O) groups excluding carboxylic acids is 1. The summed E-state index contributed by atoms with van der Waals surface area (Å²) in [4.78, 5) is 11.3. The zero-order chi connectivity index (χ0) is 10.1. The van der Waals surface area contributed by atoms with E-state index in [0.29, 0.717) is 13.2 Å². The summed E-state index contributed by atoms with van der Waals surface area (Å²) in [5.41, 5.74) is 0. The lowest BCUT2D eigenvalue weighted by Crippen LogP contribution is -2.26. The summed E-state index contributed by atoms with van der Waals surface area (Å²) in [6, 6.07) is 0. The SMILES string of the molecule is CCOC(OCC)C(=O)/C=C\NC. The zero-order valence-corrected chi connectivity index (χ0v) is 8.37. The van der Waals surface area contributed by atoms with Gasteiger partial charge in [-0.15, -0.1) is 0 Å². The largest absolute Gasteiger partial charge is 0.394 e. The van der Waals surface area contributed by atoms with Gasteiger partial charge in [-0.3, -0.25) is 4.79 Å². The van der Waals surface area contributed by atoms with E-state index in [1.54, 1.807) is 13.2 Å². The van der Waals surface area contributed by atoms with Crippen LogP contribution in [0.5, 0.6) is 0 Å². The van der Waals surface area contributed by atoms with Crippen LogP contribution in [-0.4, -0.2) is 32.3 Å². The average molecular weight is 187 g/mol. The van der Waals surface area contributed by atoms with Crippen molar-refractivity contribution < 1.29 is 14.3 Å². The first-order valence-electron chi connectivity index (χ1n) is 4.37. The first kappa shape index (κ1) is 12.1. The van der Waals surface area contributed by atoms with Crippen LogP contribution < -0.4 is 5.32 Å². The third kappa shape index (κ3) is 5.38. The van der Waals surface area contributed by atoms with Gasteiger partial charge >= 0.3 is 0 Å². The van der Waals surface area contributed by atoms with Gasteiger partial charge < -0.3 is 14.8 Å². The van der Waals surface area contributed by atoms with Crippen molar-refractivity contribution in [3.63, 3.8) is 0 Å². The van der Waals surface area contributed by atoms with Gasteiger partial charge in [-0.05, 0) is 20.0 Å². The summed E-state index contributed by atoms with van der Waals surface area (Å²) >= 11 is 0. The van der Waals surface area contributed by atoms with Crippen LogP contribution in [0.15, 0.2) is 12.3 Å². The highest BCUT2D eigenvalue weighted by atomic mass is 16.7. The van der Waals surface area contributed by atoms with Gasteiger partial charge in [-0.25, -0.2) is 0 Å². The van der Waals surface area contributed by atoms with Gasteiger partial charge in [0.05, 0.1) is 0 Å². The molecule has 0 aromatic rings. The number of hydrogen-bond acceptors (Lipinski definition) is 4. The van der Waals surface area contributed by atoms with E-state index in [9.17, 15) is 4.79 Å². The molecule has 0 rings (SSSR count). The lowest BCUT2D eigenvalue weighted by atomic mass is 10.3. The van der Waals surface area contributed by atoms with Crippen LogP contribution >= 0.6 is 0 Å². The third-order valence-electron chi connectivity index (χ3n) is 1.28. The Kier molecular flexibility index (Phi) is 7.24. The van der Waals surface area contributed by atoms with Gasteiger partial charge in [0, 0.05) is 26.3 Å². The minimum absolute atomic E-state index is 0.182. The van der Waals surface area contributed by atoms with E-state index >= 15 is 0 Å². The second-order valence-corrected chi connectivity index (χ2v) is 2.27. The molecule has 4 heteroatoms. The summed E-state index contributed by atoms with van der Waals surface area (Å²) in [7, 11) is 1.72. The predicted octanol–water partition coefficient (Wildman–Crippen LogP) is 0.688. The summed E-state index contributed by atoms with van der Waals surface area (Å²) in [6.07, 6.45) is 2.18. The van der Waals surface area contributed by atoms with Crippen molar-refractivity contribution in [1.29, 1.82) is 0 Å². The monoisotopic (exact) mass is 187 g/mol. The highest BCUT2D eigenvalue weighted by molar-refractivity contribution is 5.92. The molecule has 0 aliphatic rings. The molecular weight excluding hydrogens is 170 g/mol. The minimum Gasteiger partial charge on any atom is -0.394 e. The lowest BCUT2D eigenvalue weighted by Gasteiger charge is -2.13. The first-order chi connectivity index (χ1) is 6.26. The van der Waals surface area contributed by atoms with Crippen molar-refractivity contribution in [2.45, 2.75) is 20.1 Å². The number of ether oxygens (including phenoxy) is 2. The van der Waals surface area contributed by atoms with Gasteiger partial charge in [0.25, 0.3) is 0 Å². The molecular formula is C9H17NO3. The maximum Gasteiger partial charge on any atom is 0.222 e. The highest BCUT2D eigenvalue weighted by Crippen LogP contribution is 1.97. The molecule has 0 aliphatic carbocycles. The van der Waals surface area contributed by atoms with E-state index in [1.165, 1.54) is 6.08 Å². The van der Waals surface area contributed by atoms with E-state index in [2.05, 4.69) is 5.32 Å². The van der Waals surface area contributed by atoms with Crippen LogP contribution in [0.1, 0.15) is 13.8 Å². The summed E-state index contributed by atoms with van der Waals surface area (Å²) < 4.78 is 10.2. The lowest BCUT2D eigenvalue weighted by molar-refractivity contribution is -0.162. The molecule has 0 aliphatic heterocycles. The second-order valence-electron chi connectivity index (χ2n) is 2.27. The Hall–Kier alpha value is -0.870. The quantitative estimate of drug-likeness (QED) is 0.470. The Morgan fingerprint density at radius 2 is 1.92 bits per heavy atom. The van der Waals surface area contributed by atoms with Crippen molar-refractivity contribution in [1.82, 2.24) is 5.32 Å². The molecule has 0 atom stereocenters. The Bertz CT molecular complexity index is 162. The van der Waals surface area contributed by atoms with Crippen LogP contribution in [0, 0.1) is 0 Å². The van der Waals surface area contributed by atoms with E-state index in [-0.39, 0.29) is 5.78 Å². The fraction of sp³-hybridized carbons (Fsp3) is 0.667. The molecule has 0 aromatic carbocycles. The minimum atomic E-state index is -0.764. The summed E-state index contributed by atoms with van der Waals surface area (Å²) in [6.45, 7) is 4.57. The van der Waals surface area contributed by atoms with Gasteiger partial charge in [-0.2, -0.15) is 0 Å². The average Bonchev–Trinajstić information content (AvgIpc) is 2.14. The van der Waals surface area contributed by atoms with Gasteiger partial charge in [0.1, 0.15) is 0 Å². The van der Waals surface area contributed by atoms with E-state index in [1.807, 2.05) is 13.8 Å². The summed E-state index contributed by atoms with van der Waals surface area (Å²) in [5, 5.41) is 2.73. The topological polar surface area (TPSA) is 47.6 Å². The van der Waals surface area contributed by atoms with E-state index in [4.69, 9.17) is 9.47 Å². The predicted molar refractivity (Wildman–Crippen MR) is 50.2 cm³/mol. The molecule has 0 fully saturated rings. The van der Waals surface area contributed by atoms with Crippen LogP contribution in [0.2, 0.25) is 0 Å². The Labute approximate surface area is 78.9 Å². The fourth-order valence-corrected chi connectivity index (χ4v) is 0.759. The molecule has 0 amide bonds. The van der Waals surface area contributed by atoms with E-state index < -0.39 is 6.29 Å². The Morgan fingerprint density at radius 1 is 1.38 bits per heavy atom. The molecule has 0 radical (unpaired) electrons. The zero-order valence-electron chi connectivity index (χ0n) is 8.37. The number of hydrogen-bond donors (Lipinski definition) is 1. The maximum atomic E-state index is 11.3. The standard InChI is InChI=1S/C9H17NO3/c1-4-12-9(13-5-2)8(11)6-7-10-3/h6-7,9-10H,4-5H2,1-3H3/b7-6-. The molecule has 76 valence electrons. The third-order valence-corrected chi connectivity index (χ3v) is 1.28. The maximum absolute atomic E-state index is 11.3. The molecule has 13 heavy (non-hydrogen) atoms. The Balaban J connectivity index is 4.02. The molecule has 0 heterocycles. The molecule has 1 N–H and O–H groups in total. The number of nitrogens with one attached hydrogen (secondary N) is 1. The Morgan fingerprint density at radius 3 is 2.31 bits per heavy atom. The van der Waals surface area contributed by atoms with Crippen LogP contribution in [0.4, 0.5) is 0 Å². The highest BCUT2D eigenvalue weighted by Gasteiger charge is 2.14. The van der Waals surface area contributed by atoms with Gasteiger partial charge in [0.15, 0.2) is 0 Å².